The molecule has 1 N–H and O–H groups in total. The summed E-state index contributed by atoms with van der Waals surface area (Å²) in [6.45, 7) is 5.09. The van der Waals surface area contributed by atoms with Gasteiger partial charge in [-0.15, -0.1) is 0 Å². The van der Waals surface area contributed by atoms with E-state index in [9.17, 15) is 9.59 Å². The highest BCUT2D eigenvalue weighted by atomic mass is 16.4. The van der Waals surface area contributed by atoms with Crippen molar-refractivity contribution in [3.05, 3.63) is 0 Å². The van der Waals surface area contributed by atoms with E-state index in [1.165, 1.54) is 6.92 Å². The van der Waals surface area contributed by atoms with E-state index in [1.807, 2.05) is 6.92 Å². The van der Waals surface area contributed by atoms with Gasteiger partial charge in [0.2, 0.25) is 0 Å². The Kier molecular flexibility index (Phi) is 4.67. The topological polar surface area (TPSA) is 54.4 Å². The second-order valence-electron chi connectivity index (χ2n) is 3.85. The molecule has 0 radical (unpaired) electrons. The van der Waals surface area contributed by atoms with Crippen molar-refractivity contribution in [3.8, 4) is 0 Å². The zero-order valence-corrected chi connectivity index (χ0v) is 8.59. The van der Waals surface area contributed by atoms with E-state index >= 15 is 0 Å². The number of rotatable bonds is 6. The van der Waals surface area contributed by atoms with E-state index in [2.05, 4.69) is 0 Å². The van der Waals surface area contributed by atoms with E-state index in [4.69, 9.17) is 5.11 Å². The summed E-state index contributed by atoms with van der Waals surface area (Å²) in [5.74, 6) is -0.919. The zero-order valence-electron chi connectivity index (χ0n) is 8.59. The molecule has 0 amide bonds. The Labute approximate surface area is 79.1 Å². The summed E-state index contributed by atoms with van der Waals surface area (Å²) in [6, 6.07) is 0. The van der Waals surface area contributed by atoms with Crippen LogP contribution in [-0.2, 0) is 9.59 Å². The molecule has 0 aliphatic heterocycles. The molecule has 0 fully saturated rings. The third-order valence-electron chi connectivity index (χ3n) is 2.24. The minimum absolute atomic E-state index is 0.0546. The zero-order chi connectivity index (χ0) is 10.5. The van der Waals surface area contributed by atoms with Gasteiger partial charge in [0.15, 0.2) is 0 Å². The number of ketones is 1. The molecule has 0 aliphatic carbocycles. The van der Waals surface area contributed by atoms with Crippen LogP contribution < -0.4 is 0 Å². The van der Waals surface area contributed by atoms with Crippen molar-refractivity contribution in [2.24, 2.45) is 5.41 Å². The maximum Gasteiger partial charge on any atom is 0.309 e. The highest BCUT2D eigenvalue weighted by molar-refractivity contribution is 5.84. The van der Waals surface area contributed by atoms with Crippen LogP contribution in [0.4, 0.5) is 0 Å². The van der Waals surface area contributed by atoms with Crippen molar-refractivity contribution in [1.29, 1.82) is 0 Å². The Bertz CT molecular complexity index is 198. The largest absolute Gasteiger partial charge is 0.481 e. The number of aliphatic carboxylic acids is 1. The number of hydrogen-bond donors (Lipinski definition) is 1. The molecular formula is C10H18O3. The highest BCUT2D eigenvalue weighted by Crippen LogP contribution is 2.28. The van der Waals surface area contributed by atoms with Gasteiger partial charge in [0.05, 0.1) is 5.41 Å². The molecule has 0 aromatic heterocycles. The highest BCUT2D eigenvalue weighted by Gasteiger charge is 2.33. The van der Waals surface area contributed by atoms with Crippen LogP contribution in [0, 0.1) is 5.41 Å². The Balaban J connectivity index is 4.34. The van der Waals surface area contributed by atoms with E-state index in [0.717, 1.165) is 12.8 Å². The SMILES string of the molecule is CCCCC(C)(CC(C)=O)C(=O)O. The molecule has 1 atom stereocenters. The van der Waals surface area contributed by atoms with Gasteiger partial charge in [-0.05, 0) is 20.3 Å². The van der Waals surface area contributed by atoms with Crippen molar-refractivity contribution < 1.29 is 14.7 Å². The first-order valence-corrected chi connectivity index (χ1v) is 4.65. The fourth-order valence-electron chi connectivity index (χ4n) is 1.39. The van der Waals surface area contributed by atoms with Crippen molar-refractivity contribution in [1.82, 2.24) is 0 Å². The normalized spacial score (nSPS) is 15.0. The summed E-state index contributed by atoms with van der Waals surface area (Å²) >= 11 is 0. The van der Waals surface area contributed by atoms with Gasteiger partial charge in [-0.2, -0.15) is 0 Å². The summed E-state index contributed by atoms with van der Waals surface area (Å²) in [6.07, 6.45) is 2.54. The number of Topliss-reactive ketones (excluding diaryl/α,β-unsaturated/α-hetero) is 1. The molecule has 0 saturated heterocycles. The third-order valence-corrected chi connectivity index (χ3v) is 2.24. The van der Waals surface area contributed by atoms with Crippen molar-refractivity contribution in [2.75, 3.05) is 0 Å². The van der Waals surface area contributed by atoms with Crippen LogP contribution in [0.15, 0.2) is 0 Å². The first-order valence-electron chi connectivity index (χ1n) is 4.65. The van der Waals surface area contributed by atoms with Crippen LogP contribution in [0.2, 0.25) is 0 Å². The van der Waals surface area contributed by atoms with E-state index in [0.29, 0.717) is 6.42 Å². The number of hydrogen-bond acceptors (Lipinski definition) is 2. The molecule has 13 heavy (non-hydrogen) atoms. The van der Waals surface area contributed by atoms with Gasteiger partial charge in [0, 0.05) is 6.42 Å². The Morgan fingerprint density at radius 2 is 1.92 bits per heavy atom. The summed E-state index contributed by atoms with van der Waals surface area (Å²) in [5.41, 5.74) is -0.859. The van der Waals surface area contributed by atoms with Gasteiger partial charge in [0.25, 0.3) is 0 Å². The molecule has 76 valence electrons. The standard InChI is InChI=1S/C10H18O3/c1-4-5-6-10(3,9(12)13)7-8(2)11/h4-7H2,1-3H3,(H,12,13). The molecule has 0 aliphatic rings. The van der Waals surface area contributed by atoms with Crippen molar-refractivity contribution >= 4 is 11.8 Å². The Morgan fingerprint density at radius 1 is 1.38 bits per heavy atom. The predicted octanol–water partition coefficient (Wildman–Crippen LogP) is 2.25. The van der Waals surface area contributed by atoms with Gasteiger partial charge >= 0.3 is 5.97 Å². The summed E-state index contributed by atoms with van der Waals surface area (Å²) in [5, 5.41) is 8.96. The molecule has 3 heteroatoms. The second-order valence-corrected chi connectivity index (χ2v) is 3.85. The summed E-state index contributed by atoms with van der Waals surface area (Å²) in [7, 11) is 0. The summed E-state index contributed by atoms with van der Waals surface area (Å²) in [4.78, 5) is 21.8. The molecular weight excluding hydrogens is 168 g/mol. The van der Waals surface area contributed by atoms with Crippen LogP contribution in [0.1, 0.15) is 46.5 Å². The van der Waals surface area contributed by atoms with Crippen molar-refractivity contribution in [2.45, 2.75) is 46.5 Å². The molecule has 0 bridgehead atoms. The minimum Gasteiger partial charge on any atom is -0.481 e. The van der Waals surface area contributed by atoms with Crippen molar-refractivity contribution in [3.63, 3.8) is 0 Å². The van der Waals surface area contributed by atoms with Gasteiger partial charge < -0.3 is 5.11 Å². The maximum absolute atomic E-state index is 10.9. The second kappa shape index (κ2) is 5.00. The van der Waals surface area contributed by atoms with Crippen LogP contribution in [0.5, 0.6) is 0 Å². The van der Waals surface area contributed by atoms with Gasteiger partial charge in [-0.1, -0.05) is 19.8 Å². The molecule has 0 heterocycles. The van der Waals surface area contributed by atoms with E-state index in [1.54, 1.807) is 6.92 Å². The van der Waals surface area contributed by atoms with Crippen LogP contribution >= 0.6 is 0 Å². The first kappa shape index (κ1) is 12.1. The van der Waals surface area contributed by atoms with Crippen LogP contribution in [0.3, 0.4) is 0 Å². The van der Waals surface area contributed by atoms with Crippen LogP contribution in [0.25, 0.3) is 0 Å². The molecule has 1 unspecified atom stereocenters. The monoisotopic (exact) mass is 186 g/mol. The fraction of sp³-hybridized carbons (Fsp3) is 0.800. The minimum atomic E-state index is -0.865. The predicted molar refractivity (Wildman–Crippen MR) is 50.6 cm³/mol. The molecule has 0 aromatic carbocycles. The smallest absolute Gasteiger partial charge is 0.309 e. The lowest BCUT2D eigenvalue weighted by Gasteiger charge is -2.22. The van der Waals surface area contributed by atoms with Gasteiger partial charge in [-0.3, -0.25) is 9.59 Å². The lowest BCUT2D eigenvalue weighted by molar-refractivity contribution is -0.150. The molecule has 0 spiro atoms. The lowest BCUT2D eigenvalue weighted by Crippen LogP contribution is -2.29. The number of carboxylic acid groups (broad SMARTS) is 1. The molecule has 0 aromatic rings. The fourth-order valence-corrected chi connectivity index (χ4v) is 1.39. The number of carbonyl (C=O) groups is 2. The van der Waals surface area contributed by atoms with E-state index < -0.39 is 11.4 Å². The van der Waals surface area contributed by atoms with Crippen LogP contribution in [-0.4, -0.2) is 16.9 Å². The summed E-state index contributed by atoms with van der Waals surface area (Å²) < 4.78 is 0. The number of carbonyl (C=O) groups excluding carboxylic acids is 1. The van der Waals surface area contributed by atoms with Gasteiger partial charge in [-0.25, -0.2) is 0 Å². The van der Waals surface area contributed by atoms with E-state index in [-0.39, 0.29) is 12.2 Å². The molecule has 0 rings (SSSR count). The number of unbranched alkanes of at least 4 members (excludes halogenated alkanes) is 1. The Hall–Kier alpha value is -0.860. The van der Waals surface area contributed by atoms with Gasteiger partial charge in [0.1, 0.15) is 5.78 Å². The Morgan fingerprint density at radius 3 is 2.23 bits per heavy atom. The first-order chi connectivity index (χ1) is 5.92. The molecule has 3 nitrogen and oxygen atoms in total. The average molecular weight is 186 g/mol. The average Bonchev–Trinajstić information content (AvgIpc) is 1.99. The maximum atomic E-state index is 10.9. The number of carboxylic acids is 1. The quantitative estimate of drug-likeness (QED) is 0.692. The lowest BCUT2D eigenvalue weighted by atomic mass is 9.80. The third kappa shape index (κ3) is 4.06. The molecule has 0 saturated carbocycles.